The van der Waals surface area contributed by atoms with Crippen LogP contribution in [0.3, 0.4) is 0 Å². The van der Waals surface area contributed by atoms with E-state index in [1.807, 2.05) is 44.5 Å². The molecule has 3 N–H and O–H groups in total. The number of hydrogen-bond acceptors (Lipinski definition) is 7. The number of anilines is 2. The van der Waals surface area contributed by atoms with Gasteiger partial charge in [0.2, 0.25) is 10.0 Å². The highest BCUT2D eigenvalue weighted by Gasteiger charge is 2.17. The first kappa shape index (κ1) is 19.6. The van der Waals surface area contributed by atoms with Crippen LogP contribution in [0.2, 0.25) is 0 Å². The summed E-state index contributed by atoms with van der Waals surface area (Å²) in [7, 11) is -1.88. The molecule has 0 bridgehead atoms. The van der Waals surface area contributed by atoms with Crippen LogP contribution in [0.5, 0.6) is 5.75 Å². The zero-order chi connectivity index (χ0) is 20.9. The topological polar surface area (TPSA) is 112 Å². The summed E-state index contributed by atoms with van der Waals surface area (Å²) in [6.07, 6.45) is -0.0803. The van der Waals surface area contributed by atoms with Crippen molar-refractivity contribution >= 4 is 53.4 Å². The number of nitrogens with one attached hydrogen (secondary N) is 1. The molecule has 0 aliphatic carbocycles. The van der Waals surface area contributed by atoms with E-state index in [2.05, 4.69) is 10.3 Å². The van der Waals surface area contributed by atoms with Gasteiger partial charge in [0.05, 0.1) is 32.4 Å². The number of sulfonamides is 1. The quantitative estimate of drug-likeness (QED) is 0.499. The van der Waals surface area contributed by atoms with E-state index in [-0.39, 0.29) is 11.0 Å². The maximum atomic E-state index is 11.8. The Balaban J connectivity index is 1.82. The first-order valence-electron chi connectivity index (χ1n) is 8.96. The number of fused-ring (bicyclic) bond motifs is 3. The van der Waals surface area contributed by atoms with E-state index >= 15 is 0 Å². The third kappa shape index (κ3) is 3.66. The number of thiazole rings is 1. The van der Waals surface area contributed by atoms with Gasteiger partial charge in [-0.05, 0) is 51.1 Å². The van der Waals surface area contributed by atoms with Crippen molar-refractivity contribution in [2.75, 3.05) is 5.32 Å². The van der Waals surface area contributed by atoms with Crippen molar-refractivity contribution in [2.24, 2.45) is 12.2 Å². The van der Waals surface area contributed by atoms with Crippen LogP contribution >= 0.6 is 11.3 Å². The van der Waals surface area contributed by atoms with Crippen LogP contribution < -0.4 is 15.2 Å². The summed E-state index contributed by atoms with van der Waals surface area (Å²) in [4.78, 5) is 9.28. The molecule has 29 heavy (non-hydrogen) atoms. The summed E-state index contributed by atoms with van der Waals surface area (Å²) in [6.45, 7) is 5.75. The number of imidazole rings is 1. The van der Waals surface area contributed by atoms with Crippen LogP contribution in [-0.2, 0) is 17.1 Å². The molecule has 0 saturated carbocycles. The predicted octanol–water partition coefficient (Wildman–Crippen LogP) is 3.67. The van der Waals surface area contributed by atoms with Crippen LogP contribution in [0.4, 0.5) is 10.8 Å². The van der Waals surface area contributed by atoms with Gasteiger partial charge in [-0.2, -0.15) is 0 Å². The summed E-state index contributed by atoms with van der Waals surface area (Å²) < 4.78 is 32.4. The molecule has 2 aromatic carbocycles. The summed E-state index contributed by atoms with van der Waals surface area (Å²) in [5, 5.41) is 9.11. The second-order valence-corrected chi connectivity index (χ2v) is 9.60. The molecule has 152 valence electrons. The molecule has 0 aliphatic heterocycles. The van der Waals surface area contributed by atoms with E-state index in [4.69, 9.17) is 14.9 Å². The normalized spacial score (nSPS) is 12.2. The van der Waals surface area contributed by atoms with Crippen LogP contribution in [0.25, 0.3) is 21.3 Å². The summed E-state index contributed by atoms with van der Waals surface area (Å²) >= 11 is 1.47. The summed E-state index contributed by atoms with van der Waals surface area (Å²) in [5.41, 5.74) is 3.17. The van der Waals surface area contributed by atoms with Gasteiger partial charge < -0.3 is 14.6 Å². The predicted molar refractivity (Wildman–Crippen MR) is 115 cm³/mol. The summed E-state index contributed by atoms with van der Waals surface area (Å²) in [6, 6.07) is 8.44. The Morgan fingerprint density at radius 3 is 2.66 bits per heavy atom. The minimum Gasteiger partial charge on any atom is -0.489 e. The van der Waals surface area contributed by atoms with Crippen molar-refractivity contribution in [2.45, 2.75) is 31.8 Å². The van der Waals surface area contributed by atoms with Gasteiger partial charge in [0.15, 0.2) is 5.13 Å². The van der Waals surface area contributed by atoms with Crippen LogP contribution in [0.1, 0.15) is 19.7 Å². The second kappa shape index (κ2) is 6.97. The van der Waals surface area contributed by atoms with Gasteiger partial charge in [0.25, 0.3) is 0 Å². The molecule has 4 rings (SSSR count). The van der Waals surface area contributed by atoms with Crippen molar-refractivity contribution in [1.82, 2.24) is 14.5 Å². The number of benzene rings is 2. The first-order valence-corrected chi connectivity index (χ1v) is 11.3. The van der Waals surface area contributed by atoms with Crippen molar-refractivity contribution in [3.8, 4) is 5.75 Å². The van der Waals surface area contributed by atoms with Crippen LogP contribution in [0.15, 0.2) is 35.2 Å². The van der Waals surface area contributed by atoms with E-state index < -0.39 is 10.0 Å². The highest BCUT2D eigenvalue weighted by atomic mass is 32.2. The minimum atomic E-state index is -3.84. The summed E-state index contributed by atoms with van der Waals surface area (Å²) in [5.74, 6) is 1.43. The third-order valence-electron chi connectivity index (χ3n) is 4.50. The Morgan fingerprint density at radius 2 is 1.97 bits per heavy atom. The molecule has 0 fully saturated rings. The smallest absolute Gasteiger partial charge is 0.238 e. The average molecular weight is 432 g/mol. The maximum Gasteiger partial charge on any atom is 0.238 e. The molecule has 0 saturated heterocycles. The Hall–Kier alpha value is -2.69. The van der Waals surface area contributed by atoms with Crippen LogP contribution in [-0.4, -0.2) is 29.1 Å². The number of aromatic nitrogens is 3. The molecule has 2 aromatic heterocycles. The molecule has 0 radical (unpaired) electrons. The SMILES string of the molecule is Cc1nc2ccc3sc(Nc4cc(S(N)(=O)=O)ccc4OC(C)C)nc3c2n1C. The standard InChI is InChI=1S/C19H21N5O3S2/c1-10(2)27-15-7-5-12(29(20,25)26)9-14(15)22-19-23-17-16(28-19)8-6-13-18(17)24(4)11(3)21-13/h5-10H,1-4H3,(H,22,23)(H2,20,25,26). The van der Waals surface area contributed by atoms with E-state index in [9.17, 15) is 8.42 Å². The molecular weight excluding hydrogens is 410 g/mol. The molecule has 4 aromatic rings. The van der Waals surface area contributed by atoms with Gasteiger partial charge in [0.1, 0.15) is 17.1 Å². The van der Waals surface area contributed by atoms with Crippen molar-refractivity contribution < 1.29 is 13.2 Å². The van der Waals surface area contributed by atoms with E-state index in [0.717, 1.165) is 27.1 Å². The molecule has 8 nitrogen and oxygen atoms in total. The average Bonchev–Trinajstić information content (AvgIpc) is 3.15. The maximum absolute atomic E-state index is 11.8. The molecule has 0 unspecified atom stereocenters. The minimum absolute atomic E-state index is 0.00173. The fourth-order valence-electron chi connectivity index (χ4n) is 3.11. The Labute approximate surface area is 172 Å². The Bertz CT molecular complexity index is 1340. The van der Waals surface area contributed by atoms with Gasteiger partial charge in [-0.15, -0.1) is 0 Å². The molecule has 0 aliphatic rings. The second-order valence-electron chi connectivity index (χ2n) is 7.01. The zero-order valence-corrected chi connectivity index (χ0v) is 18.1. The Kier molecular flexibility index (Phi) is 4.72. The lowest BCUT2D eigenvalue weighted by atomic mass is 10.3. The Morgan fingerprint density at radius 1 is 1.21 bits per heavy atom. The third-order valence-corrected chi connectivity index (χ3v) is 6.35. The lowest BCUT2D eigenvalue weighted by molar-refractivity contribution is 0.243. The molecular formula is C19H21N5O3S2. The molecule has 2 heterocycles. The number of aryl methyl sites for hydroxylation is 2. The number of nitrogens with two attached hydrogens (primary N) is 1. The van der Waals surface area contributed by atoms with E-state index in [0.29, 0.717) is 16.6 Å². The molecule has 0 spiro atoms. The van der Waals surface area contributed by atoms with Crippen LogP contribution in [0, 0.1) is 6.92 Å². The number of ether oxygens (including phenoxy) is 1. The van der Waals surface area contributed by atoms with Gasteiger partial charge >= 0.3 is 0 Å². The highest BCUT2D eigenvalue weighted by Crippen LogP contribution is 2.36. The van der Waals surface area contributed by atoms with Crippen molar-refractivity contribution in [1.29, 1.82) is 0 Å². The van der Waals surface area contributed by atoms with Gasteiger partial charge in [0, 0.05) is 7.05 Å². The zero-order valence-electron chi connectivity index (χ0n) is 16.4. The van der Waals surface area contributed by atoms with Gasteiger partial charge in [-0.1, -0.05) is 11.3 Å². The number of rotatable bonds is 5. The van der Waals surface area contributed by atoms with Gasteiger partial charge in [-0.3, -0.25) is 0 Å². The molecule has 0 amide bonds. The number of primary sulfonamides is 1. The number of nitrogens with zero attached hydrogens (tertiary/aromatic N) is 3. The first-order chi connectivity index (χ1) is 13.6. The van der Waals surface area contributed by atoms with E-state index in [1.54, 1.807) is 6.07 Å². The van der Waals surface area contributed by atoms with Crippen molar-refractivity contribution in [3.63, 3.8) is 0 Å². The number of hydrogen-bond donors (Lipinski definition) is 2. The molecule has 0 atom stereocenters. The van der Waals surface area contributed by atoms with E-state index in [1.165, 1.54) is 23.5 Å². The molecule has 10 heteroatoms. The fourth-order valence-corrected chi connectivity index (χ4v) is 4.53. The lowest BCUT2D eigenvalue weighted by Gasteiger charge is -2.15. The van der Waals surface area contributed by atoms with Gasteiger partial charge in [-0.25, -0.2) is 23.5 Å². The van der Waals surface area contributed by atoms with Crippen molar-refractivity contribution in [3.05, 3.63) is 36.2 Å². The lowest BCUT2D eigenvalue weighted by Crippen LogP contribution is -2.13. The largest absolute Gasteiger partial charge is 0.489 e. The highest BCUT2D eigenvalue weighted by molar-refractivity contribution is 7.89. The monoisotopic (exact) mass is 431 g/mol. The fraction of sp³-hybridized carbons (Fsp3) is 0.263.